The van der Waals surface area contributed by atoms with Gasteiger partial charge in [-0.15, -0.1) is 13.2 Å². The first kappa shape index (κ1) is 26.8. The van der Waals surface area contributed by atoms with Crippen LogP contribution in [0.1, 0.15) is 24.3 Å². The highest BCUT2D eigenvalue weighted by Gasteiger charge is 2.46. The molecular formula is C18H24F3N2O9P. The van der Waals surface area contributed by atoms with Gasteiger partial charge in [0.25, 0.3) is 5.56 Å². The fraction of sp³-hybridized carbons (Fsp3) is 0.611. The number of hydrogen-bond acceptors (Lipinski definition) is 9. The van der Waals surface area contributed by atoms with Gasteiger partial charge < -0.3 is 24.4 Å². The minimum absolute atomic E-state index is 0.290. The van der Waals surface area contributed by atoms with E-state index in [4.69, 9.17) is 4.74 Å². The summed E-state index contributed by atoms with van der Waals surface area (Å²) in [5.74, 6) is -4.31. The Kier molecular flexibility index (Phi) is 8.00. The average Bonchev–Trinajstić information content (AvgIpc) is 2.97. The number of carbonyl (C=O) groups is 2. The van der Waals surface area contributed by atoms with Crippen molar-refractivity contribution in [2.75, 3.05) is 26.6 Å². The number of aliphatic hydroxyl groups is 2. The maximum Gasteiger partial charge on any atom is 0.490 e. The number of methoxy groups -OCH3 is 1. The van der Waals surface area contributed by atoms with E-state index in [-0.39, 0.29) is 6.42 Å². The van der Waals surface area contributed by atoms with Gasteiger partial charge in [0.2, 0.25) is 6.10 Å². The molecule has 1 aromatic rings. The van der Waals surface area contributed by atoms with Gasteiger partial charge in [0, 0.05) is 6.20 Å². The number of halogens is 3. The predicted octanol–water partition coefficient (Wildman–Crippen LogP) is -0.425. The van der Waals surface area contributed by atoms with Crippen LogP contribution in [0.5, 0.6) is 0 Å². The molecule has 33 heavy (non-hydrogen) atoms. The Labute approximate surface area is 185 Å². The summed E-state index contributed by atoms with van der Waals surface area (Å²) in [4.78, 5) is 49.5. The van der Waals surface area contributed by atoms with Crippen molar-refractivity contribution in [2.45, 2.75) is 43.2 Å². The zero-order valence-electron chi connectivity index (χ0n) is 17.9. The molecule has 1 aliphatic rings. The van der Waals surface area contributed by atoms with Crippen molar-refractivity contribution in [3.63, 3.8) is 0 Å². The van der Waals surface area contributed by atoms with Crippen molar-refractivity contribution >= 4 is 25.1 Å². The SMILES string of the molecule is C=P(C)(C)CC[C@H]1O[C@@H](n2cc(C(OC(=O)C(F)(F)F)C(=O)OC)c(=O)[nH]c2=O)[C@H](O)[C@@H]1O. The zero-order valence-corrected chi connectivity index (χ0v) is 18.8. The molecule has 0 bridgehead atoms. The van der Waals surface area contributed by atoms with Gasteiger partial charge in [-0.3, -0.25) is 14.3 Å². The number of aliphatic hydroxyl groups excluding tert-OH is 2. The van der Waals surface area contributed by atoms with E-state index in [0.717, 1.165) is 7.11 Å². The third-order valence-corrected chi connectivity index (χ3v) is 6.25. The predicted molar refractivity (Wildman–Crippen MR) is 110 cm³/mol. The highest BCUT2D eigenvalue weighted by molar-refractivity contribution is 7.72. The largest absolute Gasteiger partial charge is 0.490 e. The monoisotopic (exact) mass is 500 g/mol. The third-order valence-electron chi connectivity index (χ3n) is 4.78. The first-order valence-corrected chi connectivity index (χ1v) is 12.5. The van der Waals surface area contributed by atoms with Crippen LogP contribution in [0.25, 0.3) is 0 Å². The maximum atomic E-state index is 12.6. The van der Waals surface area contributed by atoms with E-state index < -0.39 is 72.5 Å². The second-order valence-electron chi connectivity index (χ2n) is 8.05. The van der Waals surface area contributed by atoms with Crippen molar-refractivity contribution in [3.8, 4) is 0 Å². The molecule has 0 aromatic carbocycles. The first-order valence-electron chi connectivity index (χ1n) is 9.46. The van der Waals surface area contributed by atoms with Crippen molar-refractivity contribution in [3.05, 3.63) is 32.6 Å². The van der Waals surface area contributed by atoms with E-state index in [1.807, 2.05) is 13.3 Å². The molecule has 1 aliphatic heterocycles. The van der Waals surface area contributed by atoms with Crippen LogP contribution in [-0.4, -0.2) is 89.1 Å². The Balaban J connectivity index is 2.45. The Hall–Kier alpha value is -2.41. The molecule has 2 heterocycles. The van der Waals surface area contributed by atoms with Crippen molar-refractivity contribution in [2.24, 2.45) is 0 Å². The molecule has 0 amide bonds. The molecule has 0 saturated carbocycles. The number of nitrogens with one attached hydrogen (secondary N) is 1. The summed E-state index contributed by atoms with van der Waals surface area (Å²) >= 11 is 0. The van der Waals surface area contributed by atoms with Crippen LogP contribution in [-0.2, 0) is 23.8 Å². The summed E-state index contributed by atoms with van der Waals surface area (Å²) in [6, 6.07) is 0. The standard InChI is InChI=1S/C18H24F3N2O9P/c1-30-15(27)12(32-16(28)18(19,20)21)8-7-23(17(29)22-13(8)26)14-11(25)10(24)9(31-14)5-6-33(2,3)4/h7,9-12,14,24-25H,2,5-6H2,1,3-4H3,(H,22,26,29)/t9-,10-,11-,12?,14-/m1/s1. The highest BCUT2D eigenvalue weighted by Crippen LogP contribution is 2.39. The smallest absolute Gasteiger partial charge is 0.466 e. The number of nitrogens with zero attached hydrogens (tertiary/aromatic N) is 1. The van der Waals surface area contributed by atoms with E-state index in [9.17, 15) is 42.6 Å². The molecule has 3 N–H and O–H groups in total. The number of aromatic nitrogens is 2. The number of H-pyrrole nitrogens is 1. The number of carbonyl (C=O) groups excluding carboxylic acids is 2. The lowest BCUT2D eigenvalue weighted by molar-refractivity contribution is -0.208. The van der Waals surface area contributed by atoms with Crippen molar-refractivity contribution in [1.29, 1.82) is 0 Å². The molecule has 186 valence electrons. The van der Waals surface area contributed by atoms with Crippen LogP contribution in [0.2, 0.25) is 0 Å². The number of hydrogen-bond donors (Lipinski definition) is 3. The molecule has 0 radical (unpaired) electrons. The van der Waals surface area contributed by atoms with Gasteiger partial charge in [-0.05, 0) is 25.9 Å². The van der Waals surface area contributed by atoms with Crippen LogP contribution in [0.4, 0.5) is 13.2 Å². The summed E-state index contributed by atoms with van der Waals surface area (Å²) in [6.45, 7) is 2.37. The number of ether oxygens (including phenoxy) is 3. The average molecular weight is 500 g/mol. The number of aromatic amines is 1. The minimum Gasteiger partial charge on any atom is -0.466 e. The van der Waals surface area contributed by atoms with Gasteiger partial charge >= 0.3 is 23.8 Å². The summed E-state index contributed by atoms with van der Waals surface area (Å²) < 4.78 is 52.4. The topological polar surface area (TPSA) is 157 Å². The molecule has 11 nitrogen and oxygen atoms in total. The molecule has 1 fully saturated rings. The quantitative estimate of drug-likeness (QED) is 0.334. The number of rotatable bonds is 7. The molecule has 2 rings (SSSR count). The highest BCUT2D eigenvalue weighted by atomic mass is 31.2. The summed E-state index contributed by atoms with van der Waals surface area (Å²) in [5.41, 5.74) is -3.39. The second-order valence-corrected chi connectivity index (χ2v) is 12.4. The van der Waals surface area contributed by atoms with Crippen LogP contribution < -0.4 is 11.2 Å². The van der Waals surface area contributed by atoms with E-state index in [0.29, 0.717) is 16.9 Å². The van der Waals surface area contributed by atoms with Gasteiger partial charge in [0.05, 0.1) is 18.8 Å². The van der Waals surface area contributed by atoms with E-state index in [2.05, 4.69) is 15.8 Å². The maximum absolute atomic E-state index is 12.6. The summed E-state index contributed by atoms with van der Waals surface area (Å²) in [5, 5.41) is 20.7. The zero-order chi connectivity index (χ0) is 25.3. The van der Waals surface area contributed by atoms with Crippen LogP contribution in [0.15, 0.2) is 15.8 Å². The minimum atomic E-state index is -5.49. The third kappa shape index (κ3) is 6.34. The van der Waals surface area contributed by atoms with Crippen LogP contribution >= 0.6 is 6.89 Å². The Morgan fingerprint density at radius 1 is 1.30 bits per heavy atom. The fourth-order valence-corrected chi connectivity index (χ4v) is 4.02. The lowest BCUT2D eigenvalue weighted by Gasteiger charge is -2.21. The summed E-state index contributed by atoms with van der Waals surface area (Å²) in [7, 11) is 0.776. The van der Waals surface area contributed by atoms with Gasteiger partial charge in [0.1, 0.15) is 12.2 Å². The van der Waals surface area contributed by atoms with E-state index in [1.165, 1.54) is 0 Å². The molecule has 0 aliphatic carbocycles. The number of alkyl halides is 3. The van der Waals surface area contributed by atoms with E-state index in [1.54, 1.807) is 4.98 Å². The summed E-state index contributed by atoms with van der Waals surface area (Å²) in [6.07, 6.45) is -8.02. The molecule has 1 saturated heterocycles. The molecule has 0 spiro atoms. The van der Waals surface area contributed by atoms with Gasteiger partial charge in [-0.25, -0.2) is 14.4 Å². The normalized spacial score (nSPS) is 24.4. The molecular weight excluding hydrogens is 476 g/mol. The lowest BCUT2D eigenvalue weighted by atomic mass is 10.1. The van der Waals surface area contributed by atoms with Crippen molar-refractivity contribution in [1.82, 2.24) is 9.55 Å². The fourth-order valence-electron chi connectivity index (χ4n) is 3.07. The molecule has 5 atom stereocenters. The van der Waals surface area contributed by atoms with Crippen LogP contribution in [0.3, 0.4) is 0 Å². The lowest BCUT2D eigenvalue weighted by Crippen LogP contribution is -2.41. The van der Waals surface area contributed by atoms with Crippen molar-refractivity contribution < 1.29 is 47.2 Å². The Morgan fingerprint density at radius 3 is 2.42 bits per heavy atom. The van der Waals surface area contributed by atoms with E-state index >= 15 is 0 Å². The van der Waals surface area contributed by atoms with Gasteiger partial charge in [-0.1, -0.05) is 0 Å². The Morgan fingerprint density at radius 2 is 1.91 bits per heavy atom. The molecule has 1 aromatic heterocycles. The molecule has 1 unspecified atom stereocenters. The number of esters is 2. The Bertz CT molecular complexity index is 1060. The molecule has 15 heteroatoms. The second kappa shape index (κ2) is 9.84. The van der Waals surface area contributed by atoms with Crippen LogP contribution in [0, 0.1) is 0 Å². The first-order chi connectivity index (χ1) is 15.1. The van der Waals surface area contributed by atoms with Gasteiger partial charge in [-0.2, -0.15) is 13.2 Å². The van der Waals surface area contributed by atoms with Gasteiger partial charge in [0.15, 0.2) is 6.23 Å².